The van der Waals surface area contributed by atoms with Crippen LogP contribution in [0.3, 0.4) is 0 Å². The maximum Gasteiger partial charge on any atom is 0.224 e. The van der Waals surface area contributed by atoms with Gasteiger partial charge in [0.05, 0.1) is 5.92 Å². The normalized spacial score (nSPS) is 36.7. The van der Waals surface area contributed by atoms with Crippen molar-refractivity contribution in [2.24, 2.45) is 17.8 Å². The number of hydrogen-bond acceptors (Lipinski definition) is 3. The Labute approximate surface area is 196 Å². The van der Waals surface area contributed by atoms with Crippen LogP contribution in [0.2, 0.25) is 16.6 Å². The second kappa shape index (κ2) is 7.35. The number of halogens is 2. The molecule has 0 N–H and O–H groups in total. The number of alkyl halides is 1. The van der Waals surface area contributed by atoms with E-state index < -0.39 is 49.1 Å². The number of allylic oxidation sites excluding steroid dienone is 3. The van der Waals surface area contributed by atoms with Crippen molar-refractivity contribution in [2.75, 3.05) is 0 Å². The third-order valence-electron chi connectivity index (χ3n) is 8.91. The van der Waals surface area contributed by atoms with Gasteiger partial charge in [0.15, 0.2) is 17.3 Å². The van der Waals surface area contributed by atoms with E-state index in [0.717, 1.165) is 6.08 Å². The fourth-order valence-electron chi connectivity index (χ4n) is 7.71. The summed E-state index contributed by atoms with van der Waals surface area (Å²) < 4.78 is 47.3. The molecule has 33 heavy (non-hydrogen) atoms. The molecule has 3 aliphatic carbocycles. The van der Waals surface area contributed by atoms with Crippen LogP contribution < -0.4 is 4.74 Å². The number of ether oxygens (including phenoxy) is 1. The first-order valence-electron chi connectivity index (χ1n) is 12.3. The monoisotopic (exact) mass is 472 g/mol. The summed E-state index contributed by atoms with van der Waals surface area (Å²) in [6.07, 6.45) is 4.28. The number of ketones is 1. The molecule has 4 aliphatic rings. The van der Waals surface area contributed by atoms with Crippen molar-refractivity contribution < 1.29 is 22.7 Å². The molecule has 178 valence electrons. The molecule has 0 radical (unpaired) electrons. The van der Waals surface area contributed by atoms with Gasteiger partial charge in [-0.05, 0) is 35.0 Å². The van der Waals surface area contributed by atoms with Gasteiger partial charge < -0.3 is 9.16 Å². The average Bonchev–Trinajstić information content (AvgIpc) is 3.41. The van der Waals surface area contributed by atoms with E-state index in [0.29, 0.717) is 17.7 Å². The topological polar surface area (TPSA) is 35.5 Å². The molecule has 1 aromatic rings. The van der Waals surface area contributed by atoms with Gasteiger partial charge in [-0.3, -0.25) is 4.79 Å². The van der Waals surface area contributed by atoms with E-state index in [1.165, 1.54) is 0 Å². The summed E-state index contributed by atoms with van der Waals surface area (Å²) in [7, 11) is -2.56. The molecule has 4 unspecified atom stereocenters. The molecule has 1 fully saturated rings. The van der Waals surface area contributed by atoms with Crippen LogP contribution in [0.5, 0.6) is 5.75 Å². The van der Waals surface area contributed by atoms with Gasteiger partial charge in [-0.2, -0.15) is 0 Å². The number of fused-ring (bicyclic) bond motifs is 7. The van der Waals surface area contributed by atoms with Gasteiger partial charge in [-0.25, -0.2) is 8.78 Å². The Hall–Kier alpha value is -1.79. The van der Waals surface area contributed by atoms with Crippen LogP contribution in [0.1, 0.15) is 59.6 Å². The van der Waals surface area contributed by atoms with Gasteiger partial charge in [0, 0.05) is 17.6 Å². The molecule has 1 saturated carbocycles. The molecule has 1 aromatic carbocycles. The quantitative estimate of drug-likeness (QED) is 0.341. The van der Waals surface area contributed by atoms with Gasteiger partial charge in [0.1, 0.15) is 11.9 Å². The van der Waals surface area contributed by atoms with Crippen molar-refractivity contribution in [1.29, 1.82) is 0 Å². The maximum absolute atomic E-state index is 17.6. The summed E-state index contributed by atoms with van der Waals surface area (Å²) >= 11 is 0. The third-order valence-corrected chi connectivity index (χ3v) is 15.0. The van der Waals surface area contributed by atoms with Crippen LogP contribution in [-0.4, -0.2) is 25.4 Å². The van der Waals surface area contributed by atoms with Crippen LogP contribution in [0.25, 0.3) is 0 Å². The Bertz CT molecular complexity index is 1030. The standard InChI is InChI=1S/C27H34F2O3Si/c1-15(2)33(16(3)4,17(5)6)32-25-20-9-7-8-10-22(20)31-27(25)23(28)14-21(30)24-18-11-12-19(13-18)26(24,27)29/h7-12,14-19,24-25H,13H2,1-6H3/t18?,19?,24?,25-,26?,27-/m0/s1. The van der Waals surface area contributed by atoms with E-state index in [4.69, 9.17) is 9.16 Å². The van der Waals surface area contributed by atoms with Crippen molar-refractivity contribution in [3.63, 3.8) is 0 Å². The molecule has 1 aliphatic heterocycles. The Morgan fingerprint density at radius 1 is 1.06 bits per heavy atom. The van der Waals surface area contributed by atoms with Crippen LogP contribution in [-0.2, 0) is 9.22 Å². The maximum atomic E-state index is 17.6. The molecule has 6 atom stereocenters. The second-order valence-electron chi connectivity index (χ2n) is 11.2. The Morgan fingerprint density at radius 3 is 2.33 bits per heavy atom. The predicted octanol–water partition coefficient (Wildman–Crippen LogP) is 7.02. The van der Waals surface area contributed by atoms with Crippen LogP contribution in [0, 0.1) is 17.8 Å². The molecule has 1 heterocycles. The molecule has 0 aromatic heterocycles. The van der Waals surface area contributed by atoms with E-state index >= 15 is 8.78 Å². The highest BCUT2D eigenvalue weighted by Crippen LogP contribution is 2.69. The number of rotatable bonds is 5. The lowest BCUT2D eigenvalue weighted by Gasteiger charge is -2.53. The molecule has 1 spiro atoms. The molecule has 6 heteroatoms. The number of para-hydroxylation sites is 1. The fraction of sp³-hybridized carbons (Fsp3) is 0.593. The first-order valence-corrected chi connectivity index (χ1v) is 14.4. The van der Waals surface area contributed by atoms with Crippen LogP contribution in [0.4, 0.5) is 8.78 Å². The van der Waals surface area contributed by atoms with Gasteiger partial charge in [0.25, 0.3) is 0 Å². The Morgan fingerprint density at radius 2 is 1.70 bits per heavy atom. The van der Waals surface area contributed by atoms with Gasteiger partial charge in [0.2, 0.25) is 13.9 Å². The minimum Gasteiger partial charge on any atom is -0.473 e. The summed E-state index contributed by atoms with van der Waals surface area (Å²) in [4.78, 5) is 12.9. The minimum atomic E-state index is -2.56. The largest absolute Gasteiger partial charge is 0.473 e. The minimum absolute atomic E-state index is 0.228. The van der Waals surface area contributed by atoms with Crippen LogP contribution in [0.15, 0.2) is 48.3 Å². The average molecular weight is 473 g/mol. The number of carbonyl (C=O) groups excluding carboxylic acids is 1. The predicted molar refractivity (Wildman–Crippen MR) is 127 cm³/mol. The van der Waals surface area contributed by atoms with Crippen molar-refractivity contribution in [2.45, 2.75) is 82.0 Å². The van der Waals surface area contributed by atoms with Crippen LogP contribution >= 0.6 is 0 Å². The zero-order valence-corrected chi connectivity index (χ0v) is 21.3. The zero-order valence-electron chi connectivity index (χ0n) is 20.3. The lowest BCUT2D eigenvalue weighted by Crippen LogP contribution is -2.67. The number of carbonyl (C=O) groups is 1. The van der Waals surface area contributed by atoms with E-state index in [-0.39, 0.29) is 22.5 Å². The molecular weight excluding hydrogens is 438 g/mol. The first kappa shape index (κ1) is 23.0. The molecule has 2 bridgehead atoms. The molecule has 0 saturated heterocycles. The zero-order chi connectivity index (χ0) is 23.9. The Balaban J connectivity index is 1.76. The van der Waals surface area contributed by atoms with E-state index in [1.807, 2.05) is 30.4 Å². The summed E-state index contributed by atoms with van der Waals surface area (Å²) in [6, 6.07) is 7.29. The SMILES string of the molecule is CC(C)[Si](O[C@H]1c2ccccc2O[C@@]12C(F)=CC(=O)C1C3C=CC(C3)C12F)(C(C)C)C(C)C. The number of benzene rings is 1. The van der Waals surface area contributed by atoms with Crippen molar-refractivity contribution in [3.05, 3.63) is 53.9 Å². The van der Waals surface area contributed by atoms with E-state index in [2.05, 4.69) is 41.5 Å². The highest BCUT2D eigenvalue weighted by Gasteiger charge is 2.79. The molecule has 0 amide bonds. The number of hydrogen-bond donors (Lipinski definition) is 0. The fourth-order valence-corrected chi connectivity index (χ4v) is 13.2. The molecule has 3 nitrogen and oxygen atoms in total. The molecular formula is C27H34F2O3Si. The van der Waals surface area contributed by atoms with Gasteiger partial charge in [-0.1, -0.05) is 71.9 Å². The van der Waals surface area contributed by atoms with Gasteiger partial charge >= 0.3 is 0 Å². The summed E-state index contributed by atoms with van der Waals surface area (Å²) in [5.74, 6) is -2.63. The summed E-state index contributed by atoms with van der Waals surface area (Å²) in [6.45, 7) is 12.9. The summed E-state index contributed by atoms with van der Waals surface area (Å²) in [5, 5.41) is 0. The summed E-state index contributed by atoms with van der Waals surface area (Å²) in [5.41, 5.74) is -2.83. The van der Waals surface area contributed by atoms with Crippen molar-refractivity contribution in [3.8, 4) is 5.75 Å². The van der Waals surface area contributed by atoms with E-state index in [1.54, 1.807) is 6.07 Å². The smallest absolute Gasteiger partial charge is 0.224 e. The Kier molecular flexibility index (Phi) is 5.12. The van der Waals surface area contributed by atoms with Crippen molar-refractivity contribution in [1.82, 2.24) is 0 Å². The second-order valence-corrected chi connectivity index (χ2v) is 16.6. The highest BCUT2D eigenvalue weighted by molar-refractivity contribution is 6.77. The third kappa shape index (κ3) is 2.65. The van der Waals surface area contributed by atoms with Crippen molar-refractivity contribution >= 4 is 14.1 Å². The lowest BCUT2D eigenvalue weighted by molar-refractivity contribution is -0.166. The lowest BCUT2D eigenvalue weighted by atomic mass is 9.62. The molecule has 5 rings (SSSR count). The van der Waals surface area contributed by atoms with Gasteiger partial charge in [-0.15, -0.1) is 0 Å². The van der Waals surface area contributed by atoms with E-state index in [9.17, 15) is 4.79 Å². The highest BCUT2D eigenvalue weighted by atomic mass is 28.4. The first-order chi connectivity index (χ1) is 15.5.